The molecule has 4 atom stereocenters. The lowest BCUT2D eigenvalue weighted by molar-refractivity contribution is -0.192. The number of aliphatic hydroxyl groups is 1. The second kappa shape index (κ2) is 5.23. The van der Waals surface area contributed by atoms with Gasteiger partial charge in [-0.05, 0) is 56.3 Å². The molecule has 0 aromatic rings. The van der Waals surface area contributed by atoms with Gasteiger partial charge in [0.1, 0.15) is 0 Å². The third kappa shape index (κ3) is 2.47. The first-order valence-electron chi connectivity index (χ1n) is 9.51. The summed E-state index contributed by atoms with van der Waals surface area (Å²) in [6.45, 7) is 3.20. The van der Waals surface area contributed by atoms with E-state index >= 15 is 0 Å². The molecule has 1 aliphatic heterocycles. The molecule has 5 rings (SSSR count). The Morgan fingerprint density at radius 2 is 1.67 bits per heavy atom. The minimum absolute atomic E-state index is 0.0823. The maximum atomic E-state index is 11.3. The van der Waals surface area contributed by atoms with Gasteiger partial charge in [0.25, 0.3) is 0 Å². The molecule has 5 fully saturated rings. The zero-order valence-electron chi connectivity index (χ0n) is 13.7. The quantitative estimate of drug-likeness (QED) is 0.560. The van der Waals surface area contributed by atoms with Crippen molar-refractivity contribution in [1.82, 2.24) is 0 Å². The van der Waals surface area contributed by atoms with E-state index in [1.54, 1.807) is 0 Å². The zero-order chi connectivity index (χ0) is 14.5. The number of ether oxygens (including phenoxy) is 1. The maximum Gasteiger partial charge on any atom is 0.0974 e. The lowest BCUT2D eigenvalue weighted by Crippen LogP contribution is -2.61. The Morgan fingerprint density at radius 1 is 1.00 bits per heavy atom. The Balaban J connectivity index is 1.41. The van der Waals surface area contributed by atoms with Gasteiger partial charge < -0.3 is 9.84 Å². The second-order valence-corrected chi connectivity index (χ2v) is 8.71. The van der Waals surface area contributed by atoms with Crippen LogP contribution in [-0.4, -0.2) is 22.9 Å². The lowest BCUT2D eigenvalue weighted by Gasteiger charge is -2.60. The molecule has 21 heavy (non-hydrogen) atoms. The lowest BCUT2D eigenvalue weighted by atomic mass is 9.47. The van der Waals surface area contributed by atoms with Gasteiger partial charge in [0.2, 0.25) is 0 Å². The van der Waals surface area contributed by atoms with Crippen LogP contribution < -0.4 is 0 Å². The third-order valence-corrected chi connectivity index (χ3v) is 7.06. The molecule has 2 nitrogen and oxygen atoms in total. The number of unbranched alkanes of at least 4 members (excludes halogenated alkanes) is 4. The predicted molar refractivity (Wildman–Crippen MR) is 84.1 cm³/mol. The Bertz CT molecular complexity index is 373. The van der Waals surface area contributed by atoms with E-state index in [9.17, 15) is 5.11 Å². The molecule has 0 aromatic heterocycles. The fourth-order valence-electron chi connectivity index (χ4n) is 6.52. The van der Waals surface area contributed by atoms with Crippen molar-refractivity contribution in [3.05, 3.63) is 0 Å². The van der Waals surface area contributed by atoms with Crippen LogP contribution in [0.3, 0.4) is 0 Å². The predicted octanol–water partition coefficient (Wildman–Crippen LogP) is 4.30. The molecule has 0 spiro atoms. The van der Waals surface area contributed by atoms with Gasteiger partial charge in [0, 0.05) is 5.92 Å². The Labute approximate surface area is 129 Å². The van der Waals surface area contributed by atoms with Crippen LogP contribution in [0.1, 0.15) is 77.6 Å². The molecule has 1 heterocycles. The molecule has 0 radical (unpaired) electrons. The van der Waals surface area contributed by atoms with Crippen molar-refractivity contribution in [2.45, 2.75) is 88.8 Å². The summed E-state index contributed by atoms with van der Waals surface area (Å²) < 4.78 is 6.03. The molecule has 1 N–H and O–H groups in total. The topological polar surface area (TPSA) is 32.8 Å². The van der Waals surface area contributed by atoms with Crippen LogP contribution in [0.4, 0.5) is 0 Å². The second-order valence-electron chi connectivity index (χ2n) is 8.71. The molecule has 5 aliphatic rings. The van der Waals surface area contributed by atoms with Gasteiger partial charge >= 0.3 is 0 Å². The van der Waals surface area contributed by atoms with Crippen LogP contribution in [0.25, 0.3) is 0 Å². The average Bonchev–Trinajstić information content (AvgIpc) is 3.17. The Kier molecular flexibility index (Phi) is 3.61. The number of epoxide rings is 1. The molecule has 1 saturated heterocycles. The van der Waals surface area contributed by atoms with Gasteiger partial charge in [0.15, 0.2) is 0 Å². The van der Waals surface area contributed by atoms with Gasteiger partial charge in [-0.15, -0.1) is 0 Å². The molecule has 0 amide bonds. The highest BCUT2D eigenvalue weighted by atomic mass is 16.6. The zero-order valence-corrected chi connectivity index (χ0v) is 13.7. The van der Waals surface area contributed by atoms with Crippen molar-refractivity contribution in [2.24, 2.45) is 23.7 Å². The molecule has 2 heteroatoms. The molecular weight excluding hydrogens is 260 g/mol. The van der Waals surface area contributed by atoms with Crippen molar-refractivity contribution < 1.29 is 9.84 Å². The molecular formula is C19H32O2. The van der Waals surface area contributed by atoms with Gasteiger partial charge in [-0.25, -0.2) is 0 Å². The fraction of sp³-hybridized carbons (Fsp3) is 1.00. The summed E-state index contributed by atoms with van der Waals surface area (Å²) in [4.78, 5) is 0. The molecule has 4 aliphatic carbocycles. The largest absolute Gasteiger partial charge is 0.389 e. The first-order valence-corrected chi connectivity index (χ1v) is 9.51. The van der Waals surface area contributed by atoms with E-state index in [2.05, 4.69) is 6.92 Å². The van der Waals surface area contributed by atoms with Gasteiger partial charge in [-0.1, -0.05) is 39.0 Å². The van der Waals surface area contributed by atoms with Gasteiger partial charge in [0.05, 0.1) is 17.8 Å². The van der Waals surface area contributed by atoms with Gasteiger partial charge in [-0.3, -0.25) is 0 Å². The summed E-state index contributed by atoms with van der Waals surface area (Å²) in [5, 5.41) is 11.3. The smallest absolute Gasteiger partial charge is 0.0974 e. The van der Waals surface area contributed by atoms with Crippen molar-refractivity contribution >= 4 is 0 Å². The van der Waals surface area contributed by atoms with Crippen molar-refractivity contribution in [3.63, 3.8) is 0 Å². The summed E-state index contributed by atoms with van der Waals surface area (Å²) in [5.74, 6) is 2.87. The van der Waals surface area contributed by atoms with Gasteiger partial charge in [-0.2, -0.15) is 0 Å². The van der Waals surface area contributed by atoms with Crippen molar-refractivity contribution in [1.29, 1.82) is 0 Å². The van der Waals surface area contributed by atoms with Crippen molar-refractivity contribution in [2.75, 3.05) is 6.61 Å². The molecule has 4 saturated carbocycles. The van der Waals surface area contributed by atoms with Crippen LogP contribution in [0.5, 0.6) is 0 Å². The minimum atomic E-state index is -0.366. The van der Waals surface area contributed by atoms with Crippen LogP contribution in [-0.2, 0) is 4.74 Å². The summed E-state index contributed by atoms with van der Waals surface area (Å²) in [6, 6.07) is 0. The average molecular weight is 292 g/mol. The maximum absolute atomic E-state index is 11.3. The summed E-state index contributed by atoms with van der Waals surface area (Å²) in [5.41, 5.74) is -0.284. The first kappa shape index (κ1) is 14.5. The number of rotatable bonds is 7. The van der Waals surface area contributed by atoms with Crippen LogP contribution in [0.15, 0.2) is 0 Å². The minimum Gasteiger partial charge on any atom is -0.389 e. The highest BCUT2D eigenvalue weighted by Gasteiger charge is 2.66. The standard InChI is InChI=1S/C19H32O2/c1-2-3-4-5-6-7-19(13-21-19)17-16-9-14-8-15(10-16)12-18(17,20)11-14/h14-17,20H,2-13H2,1H3. The Morgan fingerprint density at radius 3 is 2.24 bits per heavy atom. The van der Waals surface area contributed by atoms with E-state index in [4.69, 9.17) is 4.74 Å². The monoisotopic (exact) mass is 292 g/mol. The molecule has 120 valence electrons. The van der Waals surface area contributed by atoms with Crippen molar-refractivity contribution in [3.8, 4) is 0 Å². The van der Waals surface area contributed by atoms with E-state index < -0.39 is 0 Å². The Hall–Kier alpha value is -0.0800. The summed E-state index contributed by atoms with van der Waals surface area (Å²) in [6.07, 6.45) is 14.2. The van der Waals surface area contributed by atoms with Crippen LogP contribution in [0, 0.1) is 23.7 Å². The highest BCUT2D eigenvalue weighted by molar-refractivity contribution is 5.16. The summed E-state index contributed by atoms with van der Waals surface area (Å²) in [7, 11) is 0. The fourth-order valence-corrected chi connectivity index (χ4v) is 6.52. The van der Waals surface area contributed by atoms with E-state index in [1.165, 1.54) is 57.8 Å². The first-order chi connectivity index (χ1) is 10.2. The molecule has 0 aromatic carbocycles. The van der Waals surface area contributed by atoms with E-state index in [0.717, 1.165) is 37.2 Å². The molecule has 4 bridgehead atoms. The van der Waals surface area contributed by atoms with E-state index in [-0.39, 0.29) is 11.2 Å². The molecule has 4 unspecified atom stereocenters. The third-order valence-electron chi connectivity index (χ3n) is 7.06. The normalized spacial score (nSPS) is 50.6. The SMILES string of the molecule is CCCCCCCC1(C2C3CC4CC(C3)CC2(O)C4)CO1. The number of hydrogen-bond donors (Lipinski definition) is 1. The van der Waals surface area contributed by atoms with E-state index in [0.29, 0.717) is 5.92 Å². The highest BCUT2D eigenvalue weighted by Crippen LogP contribution is 2.64. The number of hydrogen-bond acceptors (Lipinski definition) is 2. The van der Waals surface area contributed by atoms with Crippen LogP contribution >= 0.6 is 0 Å². The van der Waals surface area contributed by atoms with Crippen LogP contribution in [0.2, 0.25) is 0 Å². The van der Waals surface area contributed by atoms with E-state index in [1.807, 2.05) is 0 Å². The summed E-state index contributed by atoms with van der Waals surface area (Å²) >= 11 is 0.